The molecule has 0 bridgehead atoms. The van der Waals surface area contributed by atoms with Crippen molar-refractivity contribution in [1.82, 2.24) is 0 Å². The molecule has 170 valence electrons. The average molecular weight is 401 g/mol. The summed E-state index contributed by atoms with van der Waals surface area (Å²) >= 11 is 0. The number of unbranched alkanes of at least 4 members (excludes halogenated alkanes) is 12. The van der Waals surface area contributed by atoms with Gasteiger partial charge in [0.25, 0.3) is 0 Å². The van der Waals surface area contributed by atoms with Crippen LogP contribution in [-0.4, -0.2) is 22.8 Å². The van der Waals surface area contributed by atoms with Crippen LogP contribution in [0, 0.1) is 11.3 Å². The predicted octanol–water partition coefficient (Wildman–Crippen LogP) is 7.99. The summed E-state index contributed by atoms with van der Waals surface area (Å²) in [5, 5.41) is 17.7. The molecule has 3 heteroatoms. The summed E-state index contributed by atoms with van der Waals surface area (Å²) in [6.07, 6.45) is 21.8. The van der Waals surface area contributed by atoms with Gasteiger partial charge in [-0.3, -0.25) is 4.79 Å². The molecule has 1 unspecified atom stereocenters. The van der Waals surface area contributed by atoms with E-state index in [9.17, 15) is 9.90 Å². The molecular weight excluding hydrogens is 348 g/mol. The first-order chi connectivity index (χ1) is 13.3. The number of aliphatic carboxylic acids is 1. The van der Waals surface area contributed by atoms with Gasteiger partial charge in [-0.05, 0) is 39.5 Å². The van der Waals surface area contributed by atoms with E-state index >= 15 is 0 Å². The topological polar surface area (TPSA) is 57.5 Å². The van der Waals surface area contributed by atoms with Gasteiger partial charge in [-0.15, -0.1) is 0 Å². The van der Waals surface area contributed by atoms with Gasteiger partial charge >= 0.3 is 5.97 Å². The fraction of sp³-hybridized carbons (Fsp3) is 0.960. The minimum Gasteiger partial charge on any atom is -0.481 e. The Morgan fingerprint density at radius 1 is 0.679 bits per heavy atom. The smallest absolute Gasteiger partial charge is 0.308 e. The van der Waals surface area contributed by atoms with Gasteiger partial charge in [0, 0.05) is 6.61 Å². The molecule has 0 aliphatic rings. The van der Waals surface area contributed by atoms with Gasteiger partial charge in [0.1, 0.15) is 0 Å². The lowest BCUT2D eigenvalue weighted by Crippen LogP contribution is -2.18. The Morgan fingerprint density at radius 3 is 1.21 bits per heavy atom. The second kappa shape index (κ2) is 21.1. The molecule has 3 nitrogen and oxygen atoms in total. The quantitative estimate of drug-likeness (QED) is 0.243. The molecule has 0 heterocycles. The molecule has 0 radical (unpaired) electrons. The first-order valence-electron chi connectivity index (χ1n) is 12.1. The number of rotatable bonds is 17. The Kier molecular flexibility index (Phi) is 22.4. The summed E-state index contributed by atoms with van der Waals surface area (Å²) in [6.45, 7) is 9.94. The third-order valence-electron chi connectivity index (χ3n) is 5.33. The average Bonchev–Trinajstić information content (AvgIpc) is 2.64. The summed E-state index contributed by atoms with van der Waals surface area (Å²) in [5.74, 6) is -0.177. The Labute approximate surface area is 176 Å². The van der Waals surface area contributed by atoms with Gasteiger partial charge in [-0.1, -0.05) is 104 Å². The molecule has 0 aromatic rings. The summed E-state index contributed by atoms with van der Waals surface area (Å²) in [4.78, 5) is 10.0. The molecule has 0 fully saturated rings. The van der Waals surface area contributed by atoms with Crippen LogP contribution in [0.1, 0.15) is 137 Å². The lowest BCUT2D eigenvalue weighted by atomic mass is 9.95. The Hall–Kier alpha value is -0.570. The highest BCUT2D eigenvalue weighted by molar-refractivity contribution is 5.72. The highest BCUT2D eigenvalue weighted by Gasteiger charge is 2.18. The van der Waals surface area contributed by atoms with Crippen molar-refractivity contribution in [2.45, 2.75) is 137 Å². The fourth-order valence-electron chi connectivity index (χ4n) is 3.11. The zero-order chi connectivity index (χ0) is 21.7. The highest BCUT2D eigenvalue weighted by atomic mass is 16.4. The SMILES string of the molecule is CC(C)(C)C(=O)O.CCCCCCCCCCC(CO)CCCCCCCC. The number of hydrogen-bond donors (Lipinski definition) is 2. The fourth-order valence-corrected chi connectivity index (χ4v) is 3.11. The lowest BCUT2D eigenvalue weighted by molar-refractivity contribution is -0.145. The molecule has 0 saturated carbocycles. The second-order valence-electron chi connectivity index (χ2n) is 9.42. The van der Waals surface area contributed by atoms with Crippen molar-refractivity contribution < 1.29 is 15.0 Å². The molecule has 28 heavy (non-hydrogen) atoms. The number of aliphatic hydroxyl groups excluding tert-OH is 1. The minimum atomic E-state index is -0.757. The van der Waals surface area contributed by atoms with E-state index in [2.05, 4.69) is 13.8 Å². The Bertz CT molecular complexity index is 320. The summed E-state index contributed by atoms with van der Waals surface area (Å²) in [5.41, 5.74) is -0.583. The predicted molar refractivity (Wildman–Crippen MR) is 123 cm³/mol. The van der Waals surface area contributed by atoms with Gasteiger partial charge in [-0.25, -0.2) is 0 Å². The van der Waals surface area contributed by atoms with E-state index in [1.807, 2.05) is 0 Å². The molecule has 0 aromatic heterocycles. The molecular formula is C25H52O3. The van der Waals surface area contributed by atoms with E-state index in [4.69, 9.17) is 5.11 Å². The van der Waals surface area contributed by atoms with E-state index in [0.29, 0.717) is 12.5 Å². The van der Waals surface area contributed by atoms with E-state index < -0.39 is 11.4 Å². The van der Waals surface area contributed by atoms with Crippen LogP contribution in [0.4, 0.5) is 0 Å². The second-order valence-corrected chi connectivity index (χ2v) is 9.42. The van der Waals surface area contributed by atoms with Crippen molar-refractivity contribution in [1.29, 1.82) is 0 Å². The number of carboxylic acid groups (broad SMARTS) is 1. The third-order valence-corrected chi connectivity index (χ3v) is 5.33. The largest absolute Gasteiger partial charge is 0.481 e. The van der Waals surface area contributed by atoms with Crippen LogP contribution < -0.4 is 0 Å². The van der Waals surface area contributed by atoms with Gasteiger partial charge < -0.3 is 10.2 Å². The number of aliphatic hydroxyl groups is 1. The summed E-state index contributed by atoms with van der Waals surface area (Å²) < 4.78 is 0. The Balaban J connectivity index is 0. The molecule has 0 aliphatic heterocycles. The van der Waals surface area contributed by atoms with Crippen LogP contribution in [0.25, 0.3) is 0 Å². The number of hydrogen-bond acceptors (Lipinski definition) is 2. The van der Waals surface area contributed by atoms with Crippen LogP contribution >= 0.6 is 0 Å². The van der Waals surface area contributed by atoms with Crippen LogP contribution in [0.2, 0.25) is 0 Å². The summed E-state index contributed by atoms with van der Waals surface area (Å²) in [6, 6.07) is 0. The van der Waals surface area contributed by atoms with Crippen LogP contribution in [0.15, 0.2) is 0 Å². The third kappa shape index (κ3) is 23.5. The molecule has 0 saturated heterocycles. The first-order valence-corrected chi connectivity index (χ1v) is 12.1. The maximum Gasteiger partial charge on any atom is 0.308 e. The van der Waals surface area contributed by atoms with E-state index in [-0.39, 0.29) is 0 Å². The zero-order valence-corrected chi connectivity index (χ0v) is 19.9. The van der Waals surface area contributed by atoms with Gasteiger partial charge in [-0.2, -0.15) is 0 Å². The maximum atomic E-state index is 10.0. The first kappa shape index (κ1) is 29.6. The molecule has 0 rings (SSSR count). The molecule has 0 spiro atoms. The highest BCUT2D eigenvalue weighted by Crippen LogP contribution is 2.19. The monoisotopic (exact) mass is 400 g/mol. The Morgan fingerprint density at radius 2 is 0.964 bits per heavy atom. The molecule has 1 atom stereocenters. The molecule has 0 aromatic carbocycles. The standard InChI is InChI=1S/C20H42O.C5H10O2/c1-3-5-7-9-11-12-14-16-18-20(19-21)17-15-13-10-8-6-4-2;1-5(2,3)4(6)7/h20-21H,3-19H2,1-2H3;1-3H3,(H,6,7). The van der Waals surface area contributed by atoms with Crippen molar-refractivity contribution in [3.63, 3.8) is 0 Å². The molecule has 0 aliphatic carbocycles. The van der Waals surface area contributed by atoms with E-state index in [1.165, 1.54) is 103 Å². The van der Waals surface area contributed by atoms with Crippen molar-refractivity contribution >= 4 is 5.97 Å². The van der Waals surface area contributed by atoms with Gasteiger partial charge in [0.15, 0.2) is 0 Å². The van der Waals surface area contributed by atoms with Gasteiger partial charge in [0.05, 0.1) is 5.41 Å². The van der Waals surface area contributed by atoms with Crippen LogP contribution in [0.3, 0.4) is 0 Å². The van der Waals surface area contributed by atoms with Crippen molar-refractivity contribution in [3.05, 3.63) is 0 Å². The number of carboxylic acids is 1. The van der Waals surface area contributed by atoms with Crippen molar-refractivity contribution in [2.24, 2.45) is 11.3 Å². The minimum absolute atomic E-state index is 0.408. The van der Waals surface area contributed by atoms with E-state index in [1.54, 1.807) is 20.8 Å². The van der Waals surface area contributed by atoms with Crippen molar-refractivity contribution in [3.8, 4) is 0 Å². The van der Waals surface area contributed by atoms with Crippen LogP contribution in [0.5, 0.6) is 0 Å². The van der Waals surface area contributed by atoms with E-state index in [0.717, 1.165) is 0 Å². The van der Waals surface area contributed by atoms with Crippen molar-refractivity contribution in [2.75, 3.05) is 6.61 Å². The molecule has 0 amide bonds. The zero-order valence-electron chi connectivity index (χ0n) is 19.9. The normalized spacial score (nSPS) is 12.4. The lowest BCUT2D eigenvalue weighted by Gasteiger charge is -2.13. The molecule has 2 N–H and O–H groups in total. The van der Waals surface area contributed by atoms with Crippen LogP contribution in [-0.2, 0) is 4.79 Å². The summed E-state index contributed by atoms with van der Waals surface area (Å²) in [7, 11) is 0. The van der Waals surface area contributed by atoms with Gasteiger partial charge in [0.2, 0.25) is 0 Å². The number of carbonyl (C=O) groups is 1. The maximum absolute atomic E-state index is 10.0.